The topological polar surface area (TPSA) is 142 Å². The molecule has 0 aliphatic heterocycles. The second kappa shape index (κ2) is 5.36. The van der Waals surface area contributed by atoms with E-state index >= 15 is 0 Å². The van der Waals surface area contributed by atoms with Crippen LogP contribution < -0.4 is 21.7 Å². The lowest BCUT2D eigenvalue weighted by molar-refractivity contribution is -0.385. The Morgan fingerprint density at radius 3 is 2.80 bits per heavy atom. The van der Waals surface area contributed by atoms with Gasteiger partial charge >= 0.3 is 5.69 Å². The number of hydrogen-bond donors (Lipinski definition) is 3. The first-order valence-corrected chi connectivity index (χ1v) is 5.54. The first kappa shape index (κ1) is 13.5. The van der Waals surface area contributed by atoms with Gasteiger partial charge in [-0.3, -0.25) is 10.1 Å². The van der Waals surface area contributed by atoms with E-state index in [0.717, 1.165) is 0 Å². The summed E-state index contributed by atoms with van der Waals surface area (Å²) in [6.07, 6.45) is 0. The molecule has 9 nitrogen and oxygen atoms in total. The van der Waals surface area contributed by atoms with Crippen molar-refractivity contribution >= 4 is 17.5 Å². The van der Waals surface area contributed by atoms with E-state index in [9.17, 15) is 10.1 Å². The monoisotopic (exact) mass is 276 g/mol. The van der Waals surface area contributed by atoms with Crippen molar-refractivity contribution in [1.29, 1.82) is 0 Å². The Kier molecular flexibility index (Phi) is 3.62. The van der Waals surface area contributed by atoms with Crippen molar-refractivity contribution in [2.75, 3.05) is 11.2 Å². The number of benzene rings is 1. The highest BCUT2D eigenvalue weighted by Gasteiger charge is 2.18. The molecule has 9 heteroatoms. The van der Waals surface area contributed by atoms with Crippen LogP contribution >= 0.6 is 0 Å². The molecule has 0 aliphatic rings. The molecule has 0 spiro atoms. The highest BCUT2D eigenvalue weighted by Crippen LogP contribution is 2.34. The second-order valence-electron chi connectivity index (χ2n) is 3.88. The number of nitro groups is 1. The SMILES string of the molecule is Cc1cccc([N+](=O)[O-])c1Oc1cc(NN)nc(N)n1. The summed E-state index contributed by atoms with van der Waals surface area (Å²) in [5.41, 5.74) is 8.23. The molecule has 0 amide bonds. The van der Waals surface area contributed by atoms with Crippen LogP contribution in [0.1, 0.15) is 5.56 Å². The van der Waals surface area contributed by atoms with Gasteiger partial charge in [0.05, 0.1) is 4.92 Å². The molecule has 0 fully saturated rings. The van der Waals surface area contributed by atoms with Crippen molar-refractivity contribution < 1.29 is 9.66 Å². The molecule has 2 rings (SSSR count). The molecule has 20 heavy (non-hydrogen) atoms. The first-order valence-electron chi connectivity index (χ1n) is 5.54. The van der Waals surface area contributed by atoms with Crippen LogP contribution in [0, 0.1) is 17.0 Å². The second-order valence-corrected chi connectivity index (χ2v) is 3.88. The lowest BCUT2D eigenvalue weighted by Gasteiger charge is -2.09. The number of aryl methyl sites for hydroxylation is 1. The number of aromatic nitrogens is 2. The number of ether oxygens (including phenoxy) is 1. The summed E-state index contributed by atoms with van der Waals surface area (Å²) in [4.78, 5) is 18.1. The van der Waals surface area contributed by atoms with Crippen LogP contribution in [0.15, 0.2) is 24.3 Å². The van der Waals surface area contributed by atoms with Crippen LogP contribution in [0.4, 0.5) is 17.5 Å². The normalized spacial score (nSPS) is 10.1. The Labute approximate surface area is 113 Å². The molecule has 1 heterocycles. The number of para-hydroxylation sites is 1. The van der Waals surface area contributed by atoms with Crippen molar-refractivity contribution in [3.05, 3.63) is 39.9 Å². The summed E-state index contributed by atoms with van der Waals surface area (Å²) in [5, 5.41) is 11.0. The van der Waals surface area contributed by atoms with Crippen molar-refractivity contribution in [2.24, 2.45) is 5.84 Å². The van der Waals surface area contributed by atoms with Gasteiger partial charge in [0, 0.05) is 12.1 Å². The molecular formula is C11H12N6O3. The minimum atomic E-state index is -0.533. The molecule has 104 valence electrons. The Balaban J connectivity index is 2.44. The van der Waals surface area contributed by atoms with Gasteiger partial charge in [-0.05, 0) is 12.5 Å². The molecule has 0 bridgehead atoms. The van der Waals surface area contributed by atoms with Gasteiger partial charge in [0.15, 0.2) is 0 Å². The summed E-state index contributed by atoms with van der Waals surface area (Å²) < 4.78 is 5.46. The Morgan fingerprint density at radius 2 is 2.15 bits per heavy atom. The summed E-state index contributed by atoms with van der Waals surface area (Å²) in [6.45, 7) is 1.69. The van der Waals surface area contributed by atoms with E-state index in [1.165, 1.54) is 12.1 Å². The first-order chi connectivity index (χ1) is 9.51. The summed E-state index contributed by atoms with van der Waals surface area (Å²) >= 11 is 0. The maximum atomic E-state index is 11.0. The highest BCUT2D eigenvalue weighted by molar-refractivity contribution is 5.53. The van der Waals surface area contributed by atoms with Crippen LogP contribution in [0.5, 0.6) is 11.6 Å². The van der Waals surface area contributed by atoms with Crippen LogP contribution in [0.25, 0.3) is 0 Å². The molecule has 2 aromatic rings. The van der Waals surface area contributed by atoms with Crippen molar-refractivity contribution in [2.45, 2.75) is 6.92 Å². The van der Waals surface area contributed by atoms with Crippen molar-refractivity contribution in [3.8, 4) is 11.6 Å². The van der Waals surface area contributed by atoms with E-state index in [0.29, 0.717) is 5.56 Å². The standard InChI is InChI=1S/C11H12N6O3/c1-6-3-2-4-7(17(18)19)10(6)20-9-5-8(16-13)14-11(12)15-9/h2-5H,13H2,1H3,(H3,12,14,15,16). The van der Waals surface area contributed by atoms with Crippen LogP contribution in [0.2, 0.25) is 0 Å². The third kappa shape index (κ3) is 2.72. The third-order valence-electron chi connectivity index (χ3n) is 2.46. The summed E-state index contributed by atoms with van der Waals surface area (Å²) in [7, 11) is 0. The van der Waals surface area contributed by atoms with Gasteiger partial charge in [-0.25, -0.2) is 5.84 Å². The number of rotatable bonds is 4. The Morgan fingerprint density at radius 1 is 1.40 bits per heavy atom. The number of hydrazine groups is 1. The average molecular weight is 276 g/mol. The fraction of sp³-hybridized carbons (Fsp3) is 0.0909. The number of hydrogen-bond acceptors (Lipinski definition) is 8. The zero-order chi connectivity index (χ0) is 14.7. The van der Waals surface area contributed by atoms with E-state index in [1.807, 2.05) is 0 Å². The van der Waals surface area contributed by atoms with Crippen LogP contribution in [-0.4, -0.2) is 14.9 Å². The molecule has 0 atom stereocenters. The smallest absolute Gasteiger partial charge is 0.311 e. The average Bonchev–Trinajstić information content (AvgIpc) is 2.40. The number of nitrogens with zero attached hydrogens (tertiary/aromatic N) is 3. The number of nitrogens with two attached hydrogens (primary N) is 2. The van der Waals surface area contributed by atoms with Gasteiger partial charge in [-0.15, -0.1) is 0 Å². The molecule has 5 N–H and O–H groups in total. The summed E-state index contributed by atoms with van der Waals surface area (Å²) in [5.74, 6) is 5.56. The highest BCUT2D eigenvalue weighted by atomic mass is 16.6. The molecular weight excluding hydrogens is 264 g/mol. The molecule has 0 saturated heterocycles. The number of nitrogens with one attached hydrogen (secondary N) is 1. The van der Waals surface area contributed by atoms with Crippen LogP contribution in [0.3, 0.4) is 0 Å². The molecule has 0 radical (unpaired) electrons. The zero-order valence-corrected chi connectivity index (χ0v) is 10.5. The minimum absolute atomic E-state index is 0.0582. The molecule has 0 unspecified atom stereocenters. The van der Waals surface area contributed by atoms with E-state index in [-0.39, 0.29) is 29.1 Å². The minimum Gasteiger partial charge on any atom is -0.431 e. The maximum absolute atomic E-state index is 11.0. The van der Waals surface area contributed by atoms with Crippen molar-refractivity contribution in [3.63, 3.8) is 0 Å². The third-order valence-corrected chi connectivity index (χ3v) is 2.46. The molecule has 1 aromatic carbocycles. The van der Waals surface area contributed by atoms with Crippen molar-refractivity contribution in [1.82, 2.24) is 9.97 Å². The Bertz CT molecular complexity index is 661. The van der Waals surface area contributed by atoms with Crippen LogP contribution in [-0.2, 0) is 0 Å². The van der Waals surface area contributed by atoms with Gasteiger partial charge in [-0.2, -0.15) is 9.97 Å². The molecule has 0 aliphatic carbocycles. The predicted octanol–water partition coefficient (Wildman–Crippen LogP) is 1.35. The zero-order valence-electron chi connectivity index (χ0n) is 10.5. The van der Waals surface area contributed by atoms with E-state index in [4.69, 9.17) is 16.3 Å². The lowest BCUT2D eigenvalue weighted by atomic mass is 10.2. The van der Waals surface area contributed by atoms with Gasteiger partial charge in [0.1, 0.15) is 5.82 Å². The largest absolute Gasteiger partial charge is 0.431 e. The molecule has 1 aromatic heterocycles. The van der Waals surface area contributed by atoms with E-state index < -0.39 is 4.92 Å². The number of anilines is 2. The molecule has 0 saturated carbocycles. The maximum Gasteiger partial charge on any atom is 0.311 e. The fourth-order valence-electron chi connectivity index (χ4n) is 1.59. The quantitative estimate of drug-likeness (QED) is 0.431. The van der Waals surface area contributed by atoms with Gasteiger partial charge in [-0.1, -0.05) is 12.1 Å². The van der Waals surface area contributed by atoms with Gasteiger partial charge in [0.25, 0.3) is 0 Å². The summed E-state index contributed by atoms with van der Waals surface area (Å²) in [6, 6.07) is 5.98. The van der Waals surface area contributed by atoms with E-state index in [2.05, 4.69) is 15.4 Å². The Hall–Kier alpha value is -2.94. The number of nitrogen functional groups attached to an aromatic ring is 2. The van der Waals surface area contributed by atoms with Gasteiger partial charge in [0.2, 0.25) is 17.6 Å². The fourth-order valence-corrected chi connectivity index (χ4v) is 1.59. The number of nitro benzene ring substituents is 1. The van der Waals surface area contributed by atoms with E-state index in [1.54, 1.807) is 19.1 Å². The lowest BCUT2D eigenvalue weighted by Crippen LogP contribution is -2.10. The predicted molar refractivity (Wildman–Crippen MR) is 72.2 cm³/mol. The van der Waals surface area contributed by atoms with Gasteiger partial charge < -0.3 is 15.9 Å².